The van der Waals surface area contributed by atoms with E-state index >= 15 is 0 Å². The predicted octanol–water partition coefficient (Wildman–Crippen LogP) is 2.77. The van der Waals surface area contributed by atoms with Crippen molar-refractivity contribution in [1.82, 2.24) is 4.98 Å². The first kappa shape index (κ1) is 12.1. The highest BCUT2D eigenvalue weighted by Gasteiger charge is 2.15. The van der Waals surface area contributed by atoms with Gasteiger partial charge in [-0.3, -0.25) is 0 Å². The summed E-state index contributed by atoms with van der Waals surface area (Å²) in [6.07, 6.45) is 1.72. The molecule has 0 atom stereocenters. The van der Waals surface area contributed by atoms with E-state index in [1.54, 1.807) is 13.3 Å². The van der Waals surface area contributed by atoms with Gasteiger partial charge in [0.05, 0.1) is 7.11 Å². The lowest BCUT2D eigenvalue weighted by molar-refractivity contribution is 0.398. The summed E-state index contributed by atoms with van der Waals surface area (Å²) in [6, 6.07) is 3.77. The summed E-state index contributed by atoms with van der Waals surface area (Å²) in [6.45, 7) is 5.06. The molecular formula is C11H17ClN2O. The van der Waals surface area contributed by atoms with Crippen LogP contribution < -0.4 is 10.1 Å². The molecule has 0 aliphatic rings. The number of ether oxygens (including phenoxy) is 1. The van der Waals surface area contributed by atoms with Crippen molar-refractivity contribution in [2.24, 2.45) is 5.41 Å². The van der Waals surface area contributed by atoms with Crippen LogP contribution in [0.1, 0.15) is 13.8 Å². The average molecular weight is 229 g/mol. The van der Waals surface area contributed by atoms with Gasteiger partial charge in [0, 0.05) is 30.4 Å². The molecule has 0 unspecified atom stereocenters. The number of halogens is 1. The van der Waals surface area contributed by atoms with Crippen LogP contribution in [-0.4, -0.2) is 24.5 Å². The molecule has 0 spiro atoms. The third-order valence-electron chi connectivity index (χ3n) is 2.08. The second-order valence-corrected chi connectivity index (χ2v) is 4.51. The van der Waals surface area contributed by atoms with Crippen LogP contribution in [0, 0.1) is 5.41 Å². The first-order valence-electron chi connectivity index (χ1n) is 4.87. The SMILES string of the molecule is COc1cc(NCC(C)(C)CCl)ccn1. The van der Waals surface area contributed by atoms with E-state index in [0.717, 1.165) is 12.2 Å². The molecule has 0 bridgehead atoms. The molecule has 0 aliphatic heterocycles. The van der Waals surface area contributed by atoms with Crippen LogP contribution in [-0.2, 0) is 0 Å². The Labute approximate surface area is 95.8 Å². The largest absolute Gasteiger partial charge is 0.481 e. The third-order valence-corrected chi connectivity index (χ3v) is 2.80. The molecule has 0 saturated carbocycles. The molecule has 0 amide bonds. The standard InChI is InChI=1S/C11H17ClN2O/c1-11(2,7-12)8-14-9-4-5-13-10(6-9)15-3/h4-6H,7-8H2,1-3H3,(H,13,14). The topological polar surface area (TPSA) is 34.1 Å². The Bertz CT molecular complexity index is 315. The number of pyridine rings is 1. The summed E-state index contributed by atoms with van der Waals surface area (Å²) in [5.74, 6) is 1.24. The molecule has 1 aromatic heterocycles. The second kappa shape index (κ2) is 5.21. The van der Waals surface area contributed by atoms with Gasteiger partial charge in [0.1, 0.15) is 0 Å². The Kier molecular flexibility index (Phi) is 4.21. The van der Waals surface area contributed by atoms with Crippen molar-refractivity contribution in [2.75, 3.05) is 24.9 Å². The molecule has 1 aromatic rings. The molecule has 0 aromatic carbocycles. The minimum Gasteiger partial charge on any atom is -0.481 e. The van der Waals surface area contributed by atoms with E-state index in [4.69, 9.17) is 16.3 Å². The molecule has 15 heavy (non-hydrogen) atoms. The van der Waals surface area contributed by atoms with Gasteiger partial charge in [0.2, 0.25) is 5.88 Å². The third kappa shape index (κ3) is 3.96. The zero-order valence-electron chi connectivity index (χ0n) is 9.38. The van der Waals surface area contributed by atoms with Crippen molar-refractivity contribution >= 4 is 17.3 Å². The van der Waals surface area contributed by atoms with Gasteiger partial charge in [-0.2, -0.15) is 0 Å². The summed E-state index contributed by atoms with van der Waals surface area (Å²) in [5, 5.41) is 3.31. The number of hydrogen-bond acceptors (Lipinski definition) is 3. The fourth-order valence-electron chi connectivity index (χ4n) is 1.02. The molecule has 1 heterocycles. The number of anilines is 1. The highest BCUT2D eigenvalue weighted by atomic mass is 35.5. The number of methoxy groups -OCH3 is 1. The van der Waals surface area contributed by atoms with E-state index < -0.39 is 0 Å². The van der Waals surface area contributed by atoms with Crippen molar-refractivity contribution in [2.45, 2.75) is 13.8 Å². The maximum absolute atomic E-state index is 5.84. The lowest BCUT2D eigenvalue weighted by Gasteiger charge is -2.22. The fraction of sp³-hybridized carbons (Fsp3) is 0.545. The molecule has 1 N–H and O–H groups in total. The molecular weight excluding hydrogens is 212 g/mol. The van der Waals surface area contributed by atoms with Crippen LogP contribution in [0.25, 0.3) is 0 Å². The van der Waals surface area contributed by atoms with Crippen molar-refractivity contribution in [3.8, 4) is 5.88 Å². The molecule has 0 radical (unpaired) electrons. The van der Waals surface area contributed by atoms with Gasteiger partial charge in [-0.05, 0) is 11.5 Å². The Hall–Kier alpha value is -0.960. The predicted molar refractivity (Wildman–Crippen MR) is 63.8 cm³/mol. The molecule has 0 saturated heterocycles. The monoisotopic (exact) mass is 228 g/mol. The Morgan fingerprint density at radius 1 is 1.53 bits per heavy atom. The molecule has 0 fully saturated rings. The molecule has 4 heteroatoms. The van der Waals surface area contributed by atoms with E-state index in [-0.39, 0.29) is 5.41 Å². The molecule has 84 valence electrons. The smallest absolute Gasteiger partial charge is 0.214 e. The zero-order valence-corrected chi connectivity index (χ0v) is 10.1. The van der Waals surface area contributed by atoms with E-state index in [9.17, 15) is 0 Å². The van der Waals surface area contributed by atoms with Crippen LogP contribution in [0.4, 0.5) is 5.69 Å². The van der Waals surface area contributed by atoms with E-state index in [1.165, 1.54) is 0 Å². The van der Waals surface area contributed by atoms with Gasteiger partial charge >= 0.3 is 0 Å². The van der Waals surface area contributed by atoms with Gasteiger partial charge in [0.15, 0.2) is 0 Å². The maximum Gasteiger partial charge on any atom is 0.214 e. The fourth-order valence-corrected chi connectivity index (χ4v) is 1.11. The number of rotatable bonds is 5. The Morgan fingerprint density at radius 2 is 2.27 bits per heavy atom. The molecule has 3 nitrogen and oxygen atoms in total. The lowest BCUT2D eigenvalue weighted by atomic mass is 9.96. The lowest BCUT2D eigenvalue weighted by Crippen LogP contribution is -2.24. The van der Waals surface area contributed by atoms with Crippen LogP contribution in [0.15, 0.2) is 18.3 Å². The maximum atomic E-state index is 5.84. The van der Waals surface area contributed by atoms with Crippen LogP contribution in [0.3, 0.4) is 0 Å². The van der Waals surface area contributed by atoms with Gasteiger partial charge < -0.3 is 10.1 Å². The average Bonchev–Trinajstić information content (AvgIpc) is 2.27. The normalized spacial score (nSPS) is 11.2. The molecule has 0 aliphatic carbocycles. The van der Waals surface area contributed by atoms with E-state index in [1.807, 2.05) is 12.1 Å². The first-order valence-corrected chi connectivity index (χ1v) is 5.41. The first-order chi connectivity index (χ1) is 7.07. The molecule has 1 rings (SSSR count). The highest BCUT2D eigenvalue weighted by Crippen LogP contribution is 2.19. The number of alkyl halides is 1. The van der Waals surface area contributed by atoms with Gasteiger partial charge in [-0.1, -0.05) is 13.8 Å². The number of nitrogens with zero attached hydrogens (tertiary/aromatic N) is 1. The van der Waals surface area contributed by atoms with Crippen molar-refractivity contribution < 1.29 is 4.74 Å². The van der Waals surface area contributed by atoms with E-state index in [0.29, 0.717) is 11.8 Å². The number of aromatic nitrogens is 1. The number of hydrogen-bond donors (Lipinski definition) is 1. The summed E-state index contributed by atoms with van der Waals surface area (Å²) >= 11 is 5.84. The highest BCUT2D eigenvalue weighted by molar-refractivity contribution is 6.18. The van der Waals surface area contributed by atoms with Gasteiger partial charge in [-0.25, -0.2) is 4.98 Å². The Balaban J connectivity index is 2.57. The Morgan fingerprint density at radius 3 is 2.87 bits per heavy atom. The van der Waals surface area contributed by atoms with Crippen molar-refractivity contribution in [1.29, 1.82) is 0 Å². The summed E-state index contributed by atoms with van der Waals surface area (Å²) in [5.41, 5.74) is 1.08. The quantitative estimate of drug-likeness (QED) is 0.787. The number of nitrogens with one attached hydrogen (secondary N) is 1. The second-order valence-electron chi connectivity index (χ2n) is 4.24. The van der Waals surface area contributed by atoms with Crippen LogP contribution >= 0.6 is 11.6 Å². The van der Waals surface area contributed by atoms with Crippen molar-refractivity contribution in [3.63, 3.8) is 0 Å². The summed E-state index contributed by atoms with van der Waals surface area (Å²) in [4.78, 5) is 4.03. The van der Waals surface area contributed by atoms with Crippen LogP contribution in [0.2, 0.25) is 0 Å². The van der Waals surface area contributed by atoms with Crippen molar-refractivity contribution in [3.05, 3.63) is 18.3 Å². The minimum absolute atomic E-state index is 0.0814. The van der Waals surface area contributed by atoms with Gasteiger partial charge in [0.25, 0.3) is 0 Å². The van der Waals surface area contributed by atoms with E-state index in [2.05, 4.69) is 24.1 Å². The zero-order chi connectivity index (χ0) is 11.3. The van der Waals surface area contributed by atoms with Gasteiger partial charge in [-0.15, -0.1) is 11.6 Å². The summed E-state index contributed by atoms with van der Waals surface area (Å²) < 4.78 is 5.04. The minimum atomic E-state index is 0.0814. The van der Waals surface area contributed by atoms with Crippen LogP contribution in [0.5, 0.6) is 5.88 Å². The summed E-state index contributed by atoms with van der Waals surface area (Å²) in [7, 11) is 1.61.